The van der Waals surface area contributed by atoms with Crippen LogP contribution < -0.4 is 10.6 Å². The molecule has 1 atom stereocenters. The molecule has 3 aromatic rings. The first-order valence-electron chi connectivity index (χ1n) is 8.89. The highest BCUT2D eigenvalue weighted by Gasteiger charge is 2.18. The number of hydrogen-bond donors (Lipinski definition) is 2. The van der Waals surface area contributed by atoms with Crippen molar-refractivity contribution in [1.29, 1.82) is 0 Å². The van der Waals surface area contributed by atoms with Crippen LogP contribution >= 0.6 is 0 Å². The number of aromatic nitrogens is 2. The smallest absolute Gasteiger partial charge is 0.272 e. The molecule has 2 amide bonds. The van der Waals surface area contributed by atoms with E-state index in [1.807, 2.05) is 67.6 Å². The van der Waals surface area contributed by atoms with Gasteiger partial charge in [-0.15, -0.1) is 0 Å². The normalized spacial score (nSPS) is 11.6. The Bertz CT molecular complexity index is 920. The molecule has 1 unspecified atom stereocenters. The first-order valence-corrected chi connectivity index (χ1v) is 8.89. The number of rotatable bonds is 6. The molecule has 6 nitrogen and oxygen atoms in total. The van der Waals surface area contributed by atoms with Gasteiger partial charge in [-0.1, -0.05) is 55.5 Å². The Morgan fingerprint density at radius 2 is 1.67 bits per heavy atom. The number of anilines is 1. The summed E-state index contributed by atoms with van der Waals surface area (Å²) in [4.78, 5) is 24.5. The lowest BCUT2D eigenvalue weighted by atomic mass is 10.1. The van der Waals surface area contributed by atoms with Gasteiger partial charge in [-0.25, -0.2) is 4.68 Å². The number of carbonyl (C=O) groups is 2. The number of benzene rings is 2. The van der Waals surface area contributed by atoms with Gasteiger partial charge >= 0.3 is 0 Å². The number of para-hydroxylation sites is 1. The molecule has 0 aliphatic carbocycles. The van der Waals surface area contributed by atoms with Crippen LogP contribution in [0.5, 0.6) is 0 Å². The zero-order chi connectivity index (χ0) is 19.2. The molecule has 3 rings (SSSR count). The summed E-state index contributed by atoms with van der Waals surface area (Å²) in [6, 6.07) is 20.5. The maximum absolute atomic E-state index is 12.7. The molecule has 1 heterocycles. The van der Waals surface area contributed by atoms with Gasteiger partial charge in [0.1, 0.15) is 5.82 Å². The van der Waals surface area contributed by atoms with Crippen molar-refractivity contribution in [3.05, 3.63) is 78.0 Å². The van der Waals surface area contributed by atoms with Crippen LogP contribution in [0.1, 0.15) is 42.4 Å². The molecule has 2 aromatic carbocycles. The SMILES string of the molecule is CCC(=O)Nc1cc(C(=O)NC(C)c2ccccc2)nn1-c1ccccc1. The third kappa shape index (κ3) is 4.41. The fraction of sp³-hybridized carbons (Fsp3) is 0.190. The van der Waals surface area contributed by atoms with E-state index in [-0.39, 0.29) is 23.6 Å². The van der Waals surface area contributed by atoms with Crippen molar-refractivity contribution in [3.63, 3.8) is 0 Å². The summed E-state index contributed by atoms with van der Waals surface area (Å²) in [5.41, 5.74) is 2.01. The highest BCUT2D eigenvalue weighted by molar-refractivity contribution is 5.95. The highest BCUT2D eigenvalue weighted by atomic mass is 16.2. The number of hydrogen-bond acceptors (Lipinski definition) is 3. The largest absolute Gasteiger partial charge is 0.344 e. The van der Waals surface area contributed by atoms with Crippen molar-refractivity contribution < 1.29 is 9.59 Å². The van der Waals surface area contributed by atoms with Crippen molar-refractivity contribution in [3.8, 4) is 5.69 Å². The predicted octanol–water partition coefficient (Wildman–Crippen LogP) is 3.71. The van der Waals surface area contributed by atoms with Crippen molar-refractivity contribution >= 4 is 17.6 Å². The lowest BCUT2D eigenvalue weighted by molar-refractivity contribution is -0.115. The molecule has 0 spiro atoms. The van der Waals surface area contributed by atoms with Gasteiger partial charge in [0.05, 0.1) is 11.7 Å². The molecule has 0 saturated carbocycles. The Morgan fingerprint density at radius 1 is 1.04 bits per heavy atom. The highest BCUT2D eigenvalue weighted by Crippen LogP contribution is 2.19. The molecule has 0 bridgehead atoms. The third-order valence-corrected chi connectivity index (χ3v) is 4.18. The van der Waals surface area contributed by atoms with Gasteiger partial charge in [0.15, 0.2) is 5.69 Å². The minimum Gasteiger partial charge on any atom is -0.344 e. The summed E-state index contributed by atoms with van der Waals surface area (Å²) in [6.45, 7) is 3.69. The second kappa shape index (κ2) is 8.31. The Hall–Kier alpha value is -3.41. The van der Waals surface area contributed by atoms with Gasteiger partial charge in [-0.2, -0.15) is 5.10 Å². The third-order valence-electron chi connectivity index (χ3n) is 4.18. The first kappa shape index (κ1) is 18.4. The molecular weight excluding hydrogens is 340 g/mol. The Morgan fingerprint density at radius 3 is 2.30 bits per heavy atom. The van der Waals surface area contributed by atoms with Crippen LogP contribution in [-0.4, -0.2) is 21.6 Å². The van der Waals surface area contributed by atoms with Crippen molar-refractivity contribution in [2.75, 3.05) is 5.32 Å². The van der Waals surface area contributed by atoms with Gasteiger partial charge in [-0.05, 0) is 24.6 Å². The van der Waals surface area contributed by atoms with E-state index in [0.717, 1.165) is 11.3 Å². The van der Waals surface area contributed by atoms with Gasteiger partial charge in [0.2, 0.25) is 5.91 Å². The standard InChI is InChI=1S/C21H22N4O2/c1-3-20(26)23-19-14-18(24-25(19)17-12-8-5-9-13-17)21(27)22-15(2)16-10-6-4-7-11-16/h4-15H,3H2,1-2H3,(H,22,27)(H,23,26). The van der Waals surface area contributed by atoms with Gasteiger partial charge < -0.3 is 10.6 Å². The summed E-state index contributed by atoms with van der Waals surface area (Å²) in [7, 11) is 0. The zero-order valence-electron chi connectivity index (χ0n) is 15.3. The first-order chi connectivity index (χ1) is 13.1. The molecule has 6 heteroatoms. The zero-order valence-corrected chi connectivity index (χ0v) is 15.3. The van der Waals surface area contributed by atoms with Crippen LogP contribution in [0.3, 0.4) is 0 Å². The average Bonchev–Trinajstić information content (AvgIpc) is 3.13. The van der Waals surface area contributed by atoms with E-state index in [9.17, 15) is 9.59 Å². The molecule has 0 saturated heterocycles. The molecular formula is C21H22N4O2. The molecule has 2 N–H and O–H groups in total. The monoisotopic (exact) mass is 362 g/mol. The van der Waals surface area contributed by atoms with Crippen molar-refractivity contribution in [2.45, 2.75) is 26.3 Å². The van der Waals surface area contributed by atoms with Gasteiger partial charge in [-0.3, -0.25) is 9.59 Å². The molecule has 0 radical (unpaired) electrons. The Labute approximate surface area is 158 Å². The molecule has 138 valence electrons. The lowest BCUT2D eigenvalue weighted by Crippen LogP contribution is -2.27. The molecule has 27 heavy (non-hydrogen) atoms. The molecule has 0 aliphatic heterocycles. The summed E-state index contributed by atoms with van der Waals surface area (Å²) in [5.74, 6) is 0.0234. The Balaban J connectivity index is 1.87. The molecule has 0 fully saturated rings. The van der Waals surface area contributed by atoms with E-state index in [2.05, 4.69) is 15.7 Å². The van der Waals surface area contributed by atoms with E-state index in [0.29, 0.717) is 12.2 Å². The Kier molecular flexibility index (Phi) is 5.66. The minimum atomic E-state index is -0.298. The molecule has 1 aromatic heterocycles. The van der Waals surface area contributed by atoms with E-state index in [1.54, 1.807) is 17.7 Å². The van der Waals surface area contributed by atoms with Gasteiger partial charge in [0, 0.05) is 12.5 Å². The summed E-state index contributed by atoms with van der Waals surface area (Å²) < 4.78 is 1.57. The number of amides is 2. The number of nitrogens with one attached hydrogen (secondary N) is 2. The predicted molar refractivity (Wildman–Crippen MR) is 105 cm³/mol. The van der Waals surface area contributed by atoms with Crippen LogP contribution in [-0.2, 0) is 4.79 Å². The van der Waals surface area contributed by atoms with Crippen LogP contribution in [0.25, 0.3) is 5.69 Å². The second-order valence-corrected chi connectivity index (χ2v) is 6.17. The van der Waals surface area contributed by atoms with Gasteiger partial charge in [0.25, 0.3) is 5.91 Å². The van der Waals surface area contributed by atoms with E-state index >= 15 is 0 Å². The molecule has 0 aliphatic rings. The topological polar surface area (TPSA) is 76.0 Å². The van der Waals surface area contributed by atoms with Crippen LogP contribution in [0.4, 0.5) is 5.82 Å². The lowest BCUT2D eigenvalue weighted by Gasteiger charge is -2.13. The van der Waals surface area contributed by atoms with Crippen molar-refractivity contribution in [2.24, 2.45) is 0 Å². The fourth-order valence-electron chi connectivity index (χ4n) is 2.67. The van der Waals surface area contributed by atoms with Crippen molar-refractivity contribution in [1.82, 2.24) is 15.1 Å². The number of nitrogens with zero attached hydrogens (tertiary/aromatic N) is 2. The maximum Gasteiger partial charge on any atom is 0.272 e. The summed E-state index contributed by atoms with van der Waals surface area (Å²) in [5, 5.41) is 10.1. The van der Waals surface area contributed by atoms with E-state index < -0.39 is 0 Å². The quantitative estimate of drug-likeness (QED) is 0.702. The van der Waals surface area contributed by atoms with Crippen LogP contribution in [0.15, 0.2) is 66.7 Å². The number of carbonyl (C=O) groups excluding carboxylic acids is 2. The average molecular weight is 362 g/mol. The van der Waals surface area contributed by atoms with Crippen LogP contribution in [0, 0.1) is 0 Å². The van der Waals surface area contributed by atoms with E-state index in [1.165, 1.54) is 0 Å². The summed E-state index contributed by atoms with van der Waals surface area (Å²) >= 11 is 0. The second-order valence-electron chi connectivity index (χ2n) is 6.17. The maximum atomic E-state index is 12.7. The fourth-order valence-corrected chi connectivity index (χ4v) is 2.67. The van der Waals surface area contributed by atoms with Crippen LogP contribution in [0.2, 0.25) is 0 Å². The van der Waals surface area contributed by atoms with E-state index in [4.69, 9.17) is 0 Å². The minimum absolute atomic E-state index is 0.142. The summed E-state index contributed by atoms with van der Waals surface area (Å²) in [6.07, 6.45) is 0.340.